The second-order valence-electron chi connectivity index (χ2n) is 3.00. The van der Waals surface area contributed by atoms with Gasteiger partial charge in [-0.2, -0.15) is 26.3 Å². The molecule has 0 rings (SSSR count). The number of rotatable bonds is 5. The molecule has 0 heterocycles. The fourth-order valence-electron chi connectivity index (χ4n) is 0.812. The van der Waals surface area contributed by atoms with E-state index in [-0.39, 0.29) is 0 Å². The van der Waals surface area contributed by atoms with E-state index in [1.54, 1.807) is 0 Å². The summed E-state index contributed by atoms with van der Waals surface area (Å²) >= 11 is 0. The zero-order valence-electron chi connectivity index (χ0n) is 7.76. The fourth-order valence-corrected chi connectivity index (χ4v) is 0.812. The zero-order valence-corrected chi connectivity index (χ0v) is 7.76. The summed E-state index contributed by atoms with van der Waals surface area (Å²) in [5.74, 6) is -18.6. The Kier molecular flexibility index (Phi) is 4.15. The van der Waals surface area contributed by atoms with E-state index < -0.39 is 36.8 Å². The van der Waals surface area contributed by atoms with Crippen molar-refractivity contribution in [1.29, 1.82) is 0 Å². The Balaban J connectivity index is 5.34. The molecule has 0 N–H and O–H groups in total. The Morgan fingerprint density at radius 1 is 0.812 bits per heavy atom. The molecule has 16 heavy (non-hydrogen) atoms. The Bertz CT molecular complexity index is 234. The largest absolute Gasteiger partial charge is 0.380 e. The van der Waals surface area contributed by atoms with Gasteiger partial charge in [0.15, 0.2) is 6.17 Å². The van der Waals surface area contributed by atoms with Crippen LogP contribution in [0.2, 0.25) is 0 Å². The molecular formula is C7H7F9. The predicted molar refractivity (Wildman–Crippen MR) is 36.0 cm³/mol. The lowest BCUT2D eigenvalue weighted by atomic mass is 9.99. The van der Waals surface area contributed by atoms with Crippen molar-refractivity contribution < 1.29 is 39.5 Å². The van der Waals surface area contributed by atoms with Crippen LogP contribution in [0.25, 0.3) is 0 Å². The maximum atomic E-state index is 12.5. The molecule has 0 aliphatic rings. The quantitative estimate of drug-likeness (QED) is 0.659. The van der Waals surface area contributed by atoms with Crippen molar-refractivity contribution in [3.05, 3.63) is 0 Å². The van der Waals surface area contributed by atoms with Crippen molar-refractivity contribution in [3.8, 4) is 0 Å². The van der Waals surface area contributed by atoms with E-state index in [4.69, 9.17) is 0 Å². The van der Waals surface area contributed by atoms with E-state index in [1.807, 2.05) is 0 Å². The van der Waals surface area contributed by atoms with Gasteiger partial charge in [0.25, 0.3) is 0 Å². The molecular weight excluding hydrogens is 255 g/mol. The van der Waals surface area contributed by atoms with E-state index in [0.29, 0.717) is 6.92 Å². The van der Waals surface area contributed by atoms with Crippen LogP contribution in [0.5, 0.6) is 0 Å². The molecule has 0 spiro atoms. The molecule has 1 atom stereocenters. The lowest BCUT2D eigenvalue weighted by Gasteiger charge is -2.33. The Hall–Kier alpha value is -0.630. The van der Waals surface area contributed by atoms with Crippen molar-refractivity contribution in [2.45, 2.75) is 43.7 Å². The Morgan fingerprint density at radius 3 is 1.44 bits per heavy atom. The first-order chi connectivity index (χ1) is 6.92. The highest BCUT2D eigenvalue weighted by molar-refractivity contribution is 5.01. The first kappa shape index (κ1) is 15.4. The second kappa shape index (κ2) is 4.33. The summed E-state index contributed by atoms with van der Waals surface area (Å²) in [6, 6.07) is 0. The van der Waals surface area contributed by atoms with Crippen LogP contribution in [0.1, 0.15) is 13.3 Å². The van der Waals surface area contributed by atoms with Gasteiger partial charge in [-0.25, -0.2) is 13.2 Å². The van der Waals surface area contributed by atoms with Crippen LogP contribution < -0.4 is 0 Å². The second-order valence-corrected chi connectivity index (χ2v) is 3.00. The standard InChI is InChI=1S/C7H7F9/c1-2-3(8)5(11,12)7(15,16)6(13,14)4(9)10/h3-4H,2H2,1H3. The Morgan fingerprint density at radius 2 is 1.19 bits per heavy atom. The van der Waals surface area contributed by atoms with Crippen molar-refractivity contribution in [2.24, 2.45) is 0 Å². The third-order valence-corrected chi connectivity index (χ3v) is 1.86. The average Bonchev–Trinajstić information content (AvgIpc) is 2.15. The topological polar surface area (TPSA) is 0 Å². The normalized spacial score (nSPS) is 16.7. The van der Waals surface area contributed by atoms with E-state index in [0.717, 1.165) is 0 Å². The van der Waals surface area contributed by atoms with Gasteiger partial charge in [0.05, 0.1) is 0 Å². The van der Waals surface area contributed by atoms with Crippen molar-refractivity contribution in [2.75, 3.05) is 0 Å². The summed E-state index contributed by atoms with van der Waals surface area (Å²) in [4.78, 5) is 0. The summed E-state index contributed by atoms with van der Waals surface area (Å²) in [5, 5.41) is 0. The minimum atomic E-state index is -6.45. The highest BCUT2D eigenvalue weighted by Gasteiger charge is 2.77. The molecule has 0 radical (unpaired) electrons. The molecule has 0 nitrogen and oxygen atoms in total. The summed E-state index contributed by atoms with van der Waals surface area (Å²) in [7, 11) is 0. The maximum Gasteiger partial charge on any atom is 0.380 e. The predicted octanol–water partition coefficient (Wildman–Crippen LogP) is 3.91. The molecule has 0 fully saturated rings. The van der Waals surface area contributed by atoms with Gasteiger partial charge in [0.1, 0.15) is 0 Å². The van der Waals surface area contributed by atoms with Gasteiger partial charge in [-0.1, -0.05) is 6.92 Å². The van der Waals surface area contributed by atoms with Gasteiger partial charge in [-0.15, -0.1) is 0 Å². The Labute approximate surface area is 84.4 Å². The van der Waals surface area contributed by atoms with Crippen LogP contribution in [-0.2, 0) is 0 Å². The van der Waals surface area contributed by atoms with Crippen LogP contribution in [0, 0.1) is 0 Å². The molecule has 0 saturated heterocycles. The van der Waals surface area contributed by atoms with Crippen LogP contribution in [-0.4, -0.2) is 30.4 Å². The summed E-state index contributed by atoms with van der Waals surface area (Å²) in [6.45, 7) is 0.690. The summed E-state index contributed by atoms with van der Waals surface area (Å²) < 4.78 is 110. The van der Waals surface area contributed by atoms with Gasteiger partial charge in [0.2, 0.25) is 0 Å². The van der Waals surface area contributed by atoms with Crippen molar-refractivity contribution >= 4 is 0 Å². The number of halogens is 9. The lowest BCUT2D eigenvalue weighted by molar-refractivity contribution is -0.350. The molecule has 0 aliphatic carbocycles. The van der Waals surface area contributed by atoms with Crippen LogP contribution in [0.15, 0.2) is 0 Å². The molecule has 1 unspecified atom stereocenters. The van der Waals surface area contributed by atoms with E-state index in [9.17, 15) is 39.5 Å². The molecule has 0 amide bonds. The van der Waals surface area contributed by atoms with Crippen molar-refractivity contribution in [1.82, 2.24) is 0 Å². The minimum Gasteiger partial charge on any atom is -0.241 e. The fraction of sp³-hybridized carbons (Fsp3) is 1.00. The van der Waals surface area contributed by atoms with E-state index in [2.05, 4.69) is 0 Å². The first-order valence-corrected chi connectivity index (χ1v) is 3.98. The number of hydrogen-bond donors (Lipinski definition) is 0. The van der Waals surface area contributed by atoms with Gasteiger partial charge >= 0.3 is 24.2 Å². The zero-order chi connectivity index (χ0) is 13.4. The van der Waals surface area contributed by atoms with Gasteiger partial charge in [-0.05, 0) is 6.42 Å². The highest BCUT2D eigenvalue weighted by atomic mass is 19.4. The molecule has 98 valence electrons. The van der Waals surface area contributed by atoms with Crippen molar-refractivity contribution in [3.63, 3.8) is 0 Å². The molecule has 0 bridgehead atoms. The van der Waals surface area contributed by atoms with E-state index in [1.165, 1.54) is 0 Å². The highest BCUT2D eigenvalue weighted by Crippen LogP contribution is 2.50. The van der Waals surface area contributed by atoms with Gasteiger partial charge in [-0.3, -0.25) is 0 Å². The third kappa shape index (κ3) is 2.08. The molecule has 0 aliphatic heterocycles. The smallest absolute Gasteiger partial charge is 0.241 e. The van der Waals surface area contributed by atoms with Crippen LogP contribution in [0.3, 0.4) is 0 Å². The minimum absolute atomic E-state index is 0.690. The average molecular weight is 262 g/mol. The first-order valence-electron chi connectivity index (χ1n) is 3.98. The van der Waals surface area contributed by atoms with Crippen LogP contribution in [0.4, 0.5) is 39.5 Å². The number of hydrogen-bond acceptors (Lipinski definition) is 0. The van der Waals surface area contributed by atoms with Gasteiger partial charge < -0.3 is 0 Å². The van der Waals surface area contributed by atoms with Gasteiger partial charge in [0, 0.05) is 0 Å². The molecule has 9 heteroatoms. The molecule has 0 saturated carbocycles. The number of alkyl halides is 9. The molecule has 0 aromatic carbocycles. The molecule has 0 aromatic heterocycles. The monoisotopic (exact) mass is 262 g/mol. The maximum absolute atomic E-state index is 12.5. The summed E-state index contributed by atoms with van der Waals surface area (Å²) in [6.07, 6.45) is -9.85. The van der Waals surface area contributed by atoms with E-state index >= 15 is 0 Å². The lowest BCUT2D eigenvalue weighted by Crippen LogP contribution is -2.60. The summed E-state index contributed by atoms with van der Waals surface area (Å²) in [5.41, 5.74) is 0. The molecule has 0 aromatic rings. The SMILES string of the molecule is CCC(F)C(F)(F)C(F)(F)C(F)(F)C(F)F. The third-order valence-electron chi connectivity index (χ3n) is 1.86. The van der Waals surface area contributed by atoms with Crippen LogP contribution >= 0.6 is 0 Å².